The second-order valence-corrected chi connectivity index (χ2v) is 5.24. The van der Waals surface area contributed by atoms with Crippen LogP contribution in [0.1, 0.15) is 0 Å². The van der Waals surface area contributed by atoms with E-state index in [4.69, 9.17) is 9.15 Å². The first-order valence-corrected chi connectivity index (χ1v) is 7.00. The number of fused-ring (bicyclic) bond motifs is 1. The smallest absolute Gasteiger partial charge is 0.139 e. The Balaban J connectivity index is 1.38. The molecule has 0 atom stereocenters. The molecule has 0 saturated carbocycles. The predicted octanol–water partition coefficient (Wildman–Crippen LogP) is 2.74. The fourth-order valence-electron chi connectivity index (χ4n) is 2.63. The van der Waals surface area contributed by atoms with Crippen LogP contribution in [-0.2, 0) is 0 Å². The molecule has 1 fully saturated rings. The zero-order valence-electron chi connectivity index (χ0n) is 11.5. The fraction of sp³-hybridized carbons (Fsp3) is 0.250. The van der Waals surface area contributed by atoms with Crippen molar-refractivity contribution in [2.45, 2.75) is 0 Å². The van der Waals surface area contributed by atoms with Gasteiger partial charge in [0.25, 0.3) is 0 Å². The minimum Gasteiger partial charge on any atom is -0.492 e. The molecule has 21 heavy (non-hydrogen) atoms. The van der Waals surface area contributed by atoms with Crippen molar-refractivity contribution in [3.63, 3.8) is 0 Å². The summed E-state index contributed by atoms with van der Waals surface area (Å²) < 4.78 is 11.1. The summed E-state index contributed by atoms with van der Waals surface area (Å²) in [6, 6.07) is 7.67. The predicted molar refractivity (Wildman–Crippen MR) is 79.4 cm³/mol. The fourth-order valence-corrected chi connectivity index (χ4v) is 2.63. The Morgan fingerprint density at radius 3 is 3.05 bits per heavy atom. The van der Waals surface area contributed by atoms with Crippen LogP contribution in [0.4, 0.5) is 5.82 Å². The van der Waals surface area contributed by atoms with E-state index in [-0.39, 0.29) is 0 Å². The van der Waals surface area contributed by atoms with Crippen LogP contribution in [0.2, 0.25) is 0 Å². The Morgan fingerprint density at radius 2 is 2.19 bits per heavy atom. The van der Waals surface area contributed by atoms with Crippen LogP contribution < -0.4 is 9.64 Å². The molecule has 0 spiro atoms. The molecule has 1 saturated heterocycles. The molecule has 3 aromatic heterocycles. The van der Waals surface area contributed by atoms with Crippen molar-refractivity contribution in [3.8, 4) is 5.75 Å². The van der Waals surface area contributed by atoms with Gasteiger partial charge in [0.2, 0.25) is 0 Å². The van der Waals surface area contributed by atoms with Crippen molar-refractivity contribution in [3.05, 3.63) is 49.1 Å². The Labute approximate surface area is 122 Å². The summed E-state index contributed by atoms with van der Waals surface area (Å²) in [6.45, 7) is 2.62. The molecule has 0 aromatic carbocycles. The molecule has 0 radical (unpaired) electrons. The first-order valence-electron chi connectivity index (χ1n) is 7.00. The van der Waals surface area contributed by atoms with Gasteiger partial charge in [-0.2, -0.15) is 0 Å². The molecule has 0 aliphatic carbocycles. The van der Waals surface area contributed by atoms with Crippen molar-refractivity contribution >= 4 is 16.8 Å². The summed E-state index contributed by atoms with van der Waals surface area (Å²) in [6.07, 6.45) is 6.98. The van der Waals surface area contributed by atoms with Crippen LogP contribution in [0.25, 0.3) is 11.0 Å². The van der Waals surface area contributed by atoms with E-state index >= 15 is 0 Å². The van der Waals surface area contributed by atoms with Crippen molar-refractivity contribution in [2.24, 2.45) is 5.92 Å². The molecule has 4 heterocycles. The maximum Gasteiger partial charge on any atom is 0.139 e. The van der Waals surface area contributed by atoms with Gasteiger partial charge in [0.15, 0.2) is 0 Å². The second-order valence-electron chi connectivity index (χ2n) is 5.24. The van der Waals surface area contributed by atoms with Gasteiger partial charge in [-0.15, -0.1) is 0 Å². The highest BCUT2D eigenvalue weighted by Crippen LogP contribution is 2.30. The first-order chi connectivity index (χ1) is 10.4. The molecule has 1 aliphatic heterocycles. The lowest BCUT2D eigenvalue weighted by atomic mass is 10.0. The number of pyridine rings is 2. The number of nitrogens with zero attached hydrogens (tertiary/aromatic N) is 3. The number of ether oxygens (including phenoxy) is 1. The minimum atomic E-state index is 0.522. The molecule has 5 heteroatoms. The van der Waals surface area contributed by atoms with Gasteiger partial charge < -0.3 is 14.1 Å². The Bertz CT molecular complexity index is 735. The third-order valence-corrected chi connectivity index (χ3v) is 3.74. The highest BCUT2D eigenvalue weighted by atomic mass is 16.5. The van der Waals surface area contributed by atoms with E-state index in [1.807, 2.05) is 24.3 Å². The van der Waals surface area contributed by atoms with E-state index < -0.39 is 0 Å². The lowest BCUT2D eigenvalue weighted by molar-refractivity contribution is 0.220. The zero-order chi connectivity index (χ0) is 14.1. The van der Waals surface area contributed by atoms with Crippen LogP contribution in [-0.4, -0.2) is 29.7 Å². The van der Waals surface area contributed by atoms with Gasteiger partial charge in [0.05, 0.1) is 24.5 Å². The summed E-state index contributed by atoms with van der Waals surface area (Å²) in [5.74, 6) is 2.35. The van der Waals surface area contributed by atoms with Gasteiger partial charge in [-0.05, 0) is 24.3 Å². The van der Waals surface area contributed by atoms with E-state index in [2.05, 4.69) is 14.9 Å². The maximum atomic E-state index is 5.74. The average Bonchev–Trinajstić information content (AvgIpc) is 2.96. The molecule has 106 valence electrons. The second kappa shape index (κ2) is 5.09. The highest BCUT2D eigenvalue weighted by Gasteiger charge is 2.29. The number of aromatic nitrogens is 2. The number of anilines is 1. The average molecular weight is 281 g/mol. The van der Waals surface area contributed by atoms with Gasteiger partial charge in [0, 0.05) is 31.4 Å². The lowest BCUT2D eigenvalue weighted by Gasteiger charge is -2.40. The van der Waals surface area contributed by atoms with Crippen LogP contribution in [0.5, 0.6) is 5.75 Å². The molecule has 5 nitrogen and oxygen atoms in total. The largest absolute Gasteiger partial charge is 0.492 e. The van der Waals surface area contributed by atoms with E-state index in [0.29, 0.717) is 12.5 Å². The van der Waals surface area contributed by atoms with Crippen LogP contribution in [0, 0.1) is 5.92 Å². The topological polar surface area (TPSA) is 51.4 Å². The summed E-state index contributed by atoms with van der Waals surface area (Å²) in [4.78, 5) is 10.8. The van der Waals surface area contributed by atoms with Gasteiger partial charge in [-0.1, -0.05) is 0 Å². The first kappa shape index (κ1) is 12.2. The van der Waals surface area contributed by atoms with Gasteiger partial charge >= 0.3 is 0 Å². The molecule has 3 aromatic rings. The summed E-state index contributed by atoms with van der Waals surface area (Å²) in [5.41, 5.74) is 0.884. The Hall–Kier alpha value is -2.56. The van der Waals surface area contributed by atoms with Gasteiger partial charge in [-0.25, -0.2) is 4.98 Å². The van der Waals surface area contributed by atoms with Crippen molar-refractivity contribution in [1.29, 1.82) is 0 Å². The molecule has 0 N–H and O–H groups in total. The van der Waals surface area contributed by atoms with E-state index in [1.165, 1.54) is 0 Å². The lowest BCUT2D eigenvalue weighted by Crippen LogP contribution is -2.49. The highest BCUT2D eigenvalue weighted by molar-refractivity contribution is 5.88. The van der Waals surface area contributed by atoms with Crippen molar-refractivity contribution in [1.82, 2.24) is 9.97 Å². The number of furan rings is 1. The van der Waals surface area contributed by atoms with Crippen molar-refractivity contribution < 1.29 is 9.15 Å². The molecule has 4 rings (SSSR count). The normalized spacial score (nSPS) is 15.1. The standard InChI is InChI=1S/C16H15N3O2/c1-2-13(8-17-5-1)21-11-12-9-19(10-12)16-14-4-7-20-15(14)3-6-18-16/h1-8,12H,9-11H2. The number of hydrogen-bond donors (Lipinski definition) is 0. The quantitative estimate of drug-likeness (QED) is 0.736. The summed E-state index contributed by atoms with van der Waals surface area (Å²) in [7, 11) is 0. The molecular formula is C16H15N3O2. The Kier molecular flexibility index (Phi) is 2.96. The molecular weight excluding hydrogens is 266 g/mol. The van der Waals surface area contributed by atoms with Crippen LogP contribution in [0.15, 0.2) is 53.5 Å². The van der Waals surface area contributed by atoms with E-state index in [9.17, 15) is 0 Å². The summed E-state index contributed by atoms with van der Waals surface area (Å²) in [5, 5.41) is 1.07. The van der Waals surface area contributed by atoms with E-state index in [1.54, 1.807) is 24.9 Å². The Morgan fingerprint density at radius 1 is 1.24 bits per heavy atom. The van der Waals surface area contributed by atoms with Crippen LogP contribution >= 0.6 is 0 Å². The van der Waals surface area contributed by atoms with Crippen molar-refractivity contribution in [2.75, 3.05) is 24.6 Å². The van der Waals surface area contributed by atoms with E-state index in [0.717, 1.165) is 35.6 Å². The minimum absolute atomic E-state index is 0.522. The maximum absolute atomic E-state index is 5.74. The number of hydrogen-bond acceptors (Lipinski definition) is 5. The monoisotopic (exact) mass is 281 g/mol. The molecule has 1 aliphatic rings. The van der Waals surface area contributed by atoms with Crippen LogP contribution in [0.3, 0.4) is 0 Å². The third-order valence-electron chi connectivity index (χ3n) is 3.74. The molecule has 0 bridgehead atoms. The van der Waals surface area contributed by atoms with Gasteiger partial charge in [-0.3, -0.25) is 4.98 Å². The molecule has 0 unspecified atom stereocenters. The third kappa shape index (κ3) is 2.31. The molecule has 0 amide bonds. The van der Waals surface area contributed by atoms with Gasteiger partial charge in [0.1, 0.15) is 17.2 Å². The number of rotatable bonds is 4. The summed E-state index contributed by atoms with van der Waals surface area (Å²) >= 11 is 0. The SMILES string of the molecule is c1cncc(OCC2CN(c3nccc4occc34)C2)c1. The zero-order valence-corrected chi connectivity index (χ0v) is 11.5.